The summed E-state index contributed by atoms with van der Waals surface area (Å²) in [5, 5.41) is 10.4. The molecule has 0 radical (unpaired) electrons. The lowest BCUT2D eigenvalue weighted by Crippen LogP contribution is -2.43. The number of rotatable bonds is 7. The molecule has 0 unspecified atom stereocenters. The first-order chi connectivity index (χ1) is 24.1. The van der Waals surface area contributed by atoms with Crippen LogP contribution in [-0.4, -0.2) is 70.8 Å². The van der Waals surface area contributed by atoms with E-state index in [2.05, 4.69) is 21.0 Å². The van der Waals surface area contributed by atoms with Gasteiger partial charge in [0, 0.05) is 40.4 Å². The van der Waals surface area contributed by atoms with E-state index in [1.165, 1.54) is 34.6 Å². The van der Waals surface area contributed by atoms with E-state index in [4.69, 9.17) is 32.5 Å². The Kier molecular flexibility index (Phi) is 8.00. The predicted octanol–water partition coefficient (Wildman–Crippen LogP) is 6.90. The molecule has 0 amide bonds. The third kappa shape index (κ3) is 5.03. The van der Waals surface area contributed by atoms with Crippen molar-refractivity contribution in [2.45, 2.75) is 43.4 Å². The van der Waals surface area contributed by atoms with Gasteiger partial charge in [0.25, 0.3) is 6.43 Å². The lowest BCUT2D eigenvalue weighted by atomic mass is 9.95. The van der Waals surface area contributed by atoms with Gasteiger partial charge in [-0.15, -0.1) is 11.3 Å². The summed E-state index contributed by atoms with van der Waals surface area (Å²) in [6, 6.07) is 8.15. The molecule has 6 heterocycles. The van der Waals surface area contributed by atoms with Gasteiger partial charge in [0.2, 0.25) is 0 Å². The fourth-order valence-electron chi connectivity index (χ4n) is 7.76. The van der Waals surface area contributed by atoms with Crippen LogP contribution >= 0.6 is 22.9 Å². The van der Waals surface area contributed by atoms with E-state index >= 15 is 13.2 Å². The number of aromatic nitrogens is 3. The molecule has 8 rings (SSSR count). The van der Waals surface area contributed by atoms with Crippen molar-refractivity contribution in [3.8, 4) is 29.0 Å². The molecule has 258 valence electrons. The van der Waals surface area contributed by atoms with Crippen LogP contribution in [0.2, 0.25) is 5.02 Å². The highest BCUT2D eigenvalue weighted by Crippen LogP contribution is 2.51. The number of nitrogen functional groups attached to an aromatic ring is 2. The highest BCUT2D eigenvalue weighted by atomic mass is 35.5. The zero-order chi connectivity index (χ0) is 34.9. The van der Waals surface area contributed by atoms with Crippen molar-refractivity contribution in [2.75, 3.05) is 49.2 Å². The van der Waals surface area contributed by atoms with Crippen molar-refractivity contribution in [2.24, 2.45) is 0 Å². The Hall–Kier alpha value is -4.65. The summed E-state index contributed by atoms with van der Waals surface area (Å²) in [7, 11) is 0. The Labute approximate surface area is 292 Å². The summed E-state index contributed by atoms with van der Waals surface area (Å²) in [5.74, 6) is -1.15. The summed E-state index contributed by atoms with van der Waals surface area (Å²) in [5.41, 5.74) is 11.7. The molecule has 3 atom stereocenters. The maximum atomic E-state index is 17.2. The molecule has 2 saturated heterocycles. The van der Waals surface area contributed by atoms with Crippen molar-refractivity contribution >= 4 is 60.6 Å². The van der Waals surface area contributed by atoms with Crippen molar-refractivity contribution in [1.29, 1.82) is 5.26 Å². The average Bonchev–Trinajstić information content (AvgIpc) is 3.68. The van der Waals surface area contributed by atoms with Gasteiger partial charge < -0.3 is 25.8 Å². The molecule has 50 heavy (non-hydrogen) atoms. The average molecular weight is 725 g/mol. The van der Waals surface area contributed by atoms with Crippen LogP contribution in [0, 0.1) is 17.1 Å². The van der Waals surface area contributed by atoms with Crippen LogP contribution in [0.5, 0.6) is 11.8 Å². The number of ether oxygens (including phenoxy) is 2. The highest BCUT2D eigenvalue weighted by Gasteiger charge is 2.49. The van der Waals surface area contributed by atoms with Crippen LogP contribution in [0.4, 0.5) is 34.2 Å². The zero-order valence-corrected chi connectivity index (χ0v) is 27.9. The molecule has 16 heteroatoms. The Morgan fingerprint density at radius 1 is 1.18 bits per heavy atom. The number of pyridine rings is 1. The van der Waals surface area contributed by atoms with Crippen LogP contribution in [-0.2, 0) is 0 Å². The molecule has 4 N–H and O–H groups in total. The van der Waals surface area contributed by atoms with E-state index in [-0.39, 0.29) is 99.3 Å². The number of thiophene rings is 1. The van der Waals surface area contributed by atoms with Crippen LogP contribution in [0.15, 0.2) is 36.5 Å². The van der Waals surface area contributed by atoms with Crippen molar-refractivity contribution in [3.05, 3.63) is 58.5 Å². The molecular weight excluding hydrogens is 696 g/mol. The van der Waals surface area contributed by atoms with Crippen LogP contribution in [0.1, 0.15) is 36.4 Å². The number of hydrogen-bond donors (Lipinski definition) is 2. The van der Waals surface area contributed by atoms with Crippen LogP contribution in [0.25, 0.3) is 32.1 Å². The quantitative estimate of drug-likeness (QED) is 0.171. The second-order valence-electron chi connectivity index (χ2n) is 12.7. The van der Waals surface area contributed by atoms with E-state index in [0.717, 1.165) is 6.42 Å². The van der Waals surface area contributed by atoms with Gasteiger partial charge in [0.05, 0.1) is 28.1 Å². The molecule has 0 spiro atoms. The summed E-state index contributed by atoms with van der Waals surface area (Å²) in [4.78, 5) is 16.4. The third-order valence-corrected chi connectivity index (χ3v) is 11.3. The Bertz CT molecular complexity index is 2220. The molecule has 0 aliphatic carbocycles. The van der Waals surface area contributed by atoms with Crippen LogP contribution in [0.3, 0.4) is 0 Å². The molecule has 5 aromatic rings. The van der Waals surface area contributed by atoms with Gasteiger partial charge >= 0.3 is 6.01 Å². The first-order valence-corrected chi connectivity index (χ1v) is 17.2. The third-order valence-electron chi connectivity index (χ3n) is 9.91. The number of benzene rings is 2. The molecule has 2 aromatic carbocycles. The molecular formula is C34H29ClF4N8O2S. The van der Waals surface area contributed by atoms with E-state index in [0.29, 0.717) is 23.1 Å². The molecule has 3 aliphatic heterocycles. The van der Waals surface area contributed by atoms with E-state index in [9.17, 15) is 9.65 Å². The smallest absolute Gasteiger partial charge is 0.319 e. The maximum absolute atomic E-state index is 17.2. The van der Waals surface area contributed by atoms with Gasteiger partial charge in [-0.25, -0.2) is 22.5 Å². The Morgan fingerprint density at radius 2 is 2.02 bits per heavy atom. The molecule has 2 fully saturated rings. The maximum Gasteiger partial charge on any atom is 0.319 e. The minimum atomic E-state index is -2.99. The lowest BCUT2D eigenvalue weighted by molar-refractivity contribution is 0.106. The lowest BCUT2D eigenvalue weighted by Gasteiger charge is -2.33. The van der Waals surface area contributed by atoms with Gasteiger partial charge in [-0.3, -0.25) is 4.90 Å². The number of nitrogens with zero attached hydrogens (tertiary/aromatic N) is 6. The van der Waals surface area contributed by atoms with Crippen molar-refractivity contribution < 1.29 is 27.0 Å². The highest BCUT2D eigenvalue weighted by molar-refractivity contribution is 7.23. The molecule has 0 saturated carbocycles. The first-order valence-electron chi connectivity index (χ1n) is 16.0. The second kappa shape index (κ2) is 12.3. The monoisotopic (exact) mass is 724 g/mol. The summed E-state index contributed by atoms with van der Waals surface area (Å²) in [6.45, 7) is 0.726. The van der Waals surface area contributed by atoms with Crippen molar-refractivity contribution in [3.63, 3.8) is 0 Å². The van der Waals surface area contributed by atoms with Crippen LogP contribution < -0.4 is 25.8 Å². The van der Waals surface area contributed by atoms with Gasteiger partial charge in [0.15, 0.2) is 11.6 Å². The molecule has 3 aromatic heterocycles. The van der Waals surface area contributed by atoms with E-state index in [1.807, 2.05) is 4.90 Å². The minimum Gasteiger partial charge on any atom is -0.489 e. The zero-order valence-electron chi connectivity index (χ0n) is 26.3. The first kappa shape index (κ1) is 32.5. The predicted molar refractivity (Wildman–Crippen MR) is 183 cm³/mol. The Balaban J connectivity index is 1.37. The molecule has 10 nitrogen and oxygen atoms in total. The van der Waals surface area contributed by atoms with E-state index < -0.39 is 30.0 Å². The normalized spacial score (nSPS) is 21.0. The number of nitriles is 1. The number of anilines is 3. The Morgan fingerprint density at radius 3 is 2.80 bits per heavy atom. The van der Waals surface area contributed by atoms with Gasteiger partial charge in [0.1, 0.15) is 53.7 Å². The number of nitrogens with two attached hydrogens (primary N) is 2. The molecule has 0 bridgehead atoms. The number of fused-ring (bicyclic) bond motifs is 2. The van der Waals surface area contributed by atoms with Gasteiger partial charge in [-0.05, 0) is 37.1 Å². The summed E-state index contributed by atoms with van der Waals surface area (Å²) >= 11 is 8.18. The fraction of sp³-hybridized carbons (Fsp3) is 0.353. The summed E-state index contributed by atoms with van der Waals surface area (Å²) in [6.07, 6.45) is -0.819. The standard InChI is InChI=1S/C34H29ClF4N8O2S/c35-24-22(17-4-1-6-20-21(17)19(13-40)31(42)50-20)25(37)26-23-28(24)48-11-10-47(27(29(38)39)18-5-2-8-43-30(18)41)32(23)45-33(44-26)49-15-34-7-3-9-46(34)14-16(36)12-34/h1-2,4-6,8,16,27,29H,3,7,9-12,14-15,42H2,(H2,41,43)/t16-,27+,34+/m1/s1. The fourth-order valence-corrected chi connectivity index (χ4v) is 9.04. The molecule has 3 aliphatic rings. The van der Waals surface area contributed by atoms with Crippen molar-refractivity contribution in [1.82, 2.24) is 19.9 Å². The number of hydrogen-bond acceptors (Lipinski definition) is 11. The number of halogens is 5. The SMILES string of the molecule is N#Cc1c(N)sc2cccc(-c3c(Cl)c4c5c(nc(OC[C@@]67CCCN6C[C@H](F)C7)nc5c3F)N([C@@H](c3cccnc3N)C(F)F)CCO4)c12. The number of alkyl halides is 3. The van der Waals surface area contributed by atoms with E-state index in [1.54, 1.807) is 18.2 Å². The topological polar surface area (TPSA) is 139 Å². The largest absolute Gasteiger partial charge is 0.489 e. The summed E-state index contributed by atoms with van der Waals surface area (Å²) < 4.78 is 75.0. The van der Waals surface area contributed by atoms with Gasteiger partial charge in [-0.1, -0.05) is 29.8 Å². The second-order valence-corrected chi connectivity index (χ2v) is 14.1. The minimum absolute atomic E-state index is 0.0106. The van der Waals surface area contributed by atoms with Gasteiger partial charge in [-0.2, -0.15) is 15.2 Å².